The Morgan fingerprint density at radius 2 is 1.95 bits per heavy atom. The summed E-state index contributed by atoms with van der Waals surface area (Å²) in [7, 11) is 0. The number of esters is 1. The average molecular weight is 302 g/mol. The summed E-state index contributed by atoms with van der Waals surface area (Å²) in [5.74, 6) is 0.890. The van der Waals surface area contributed by atoms with Gasteiger partial charge in [0.1, 0.15) is 6.61 Å². The van der Waals surface area contributed by atoms with Crippen molar-refractivity contribution in [1.82, 2.24) is 0 Å². The summed E-state index contributed by atoms with van der Waals surface area (Å²) < 4.78 is 15.7. The Kier molecular flexibility index (Phi) is 5.64. The van der Waals surface area contributed by atoms with Crippen molar-refractivity contribution in [3.8, 4) is 11.5 Å². The highest BCUT2D eigenvalue weighted by Crippen LogP contribution is 2.32. The van der Waals surface area contributed by atoms with E-state index in [0.29, 0.717) is 17.1 Å². The number of ether oxygens (including phenoxy) is 3. The molecule has 0 unspecified atom stereocenters. The van der Waals surface area contributed by atoms with Crippen LogP contribution in [0, 0.1) is 0 Å². The Bertz CT molecular complexity index is 595. The van der Waals surface area contributed by atoms with Crippen molar-refractivity contribution in [3.05, 3.63) is 47.1 Å². The van der Waals surface area contributed by atoms with E-state index in [9.17, 15) is 4.79 Å². The van der Waals surface area contributed by atoms with Gasteiger partial charge in [-0.25, -0.2) is 4.79 Å². The molecule has 0 radical (unpaired) electrons. The lowest BCUT2D eigenvalue weighted by atomic mass is 10.1. The standard InChI is InChI=1S/C18H22O4/c1-13(2)5-4-6-14(3)9-10-20-18(19)15-7-8-16-17(11-15)22-12-21-16/h5,7-9,11H,4,6,10,12H2,1-3H3. The Balaban J connectivity index is 1.81. The topological polar surface area (TPSA) is 44.8 Å². The van der Waals surface area contributed by atoms with Gasteiger partial charge in [0.2, 0.25) is 6.79 Å². The van der Waals surface area contributed by atoms with E-state index in [4.69, 9.17) is 14.2 Å². The van der Waals surface area contributed by atoms with E-state index in [1.165, 1.54) is 11.1 Å². The van der Waals surface area contributed by atoms with Crippen molar-refractivity contribution in [2.75, 3.05) is 13.4 Å². The quantitative estimate of drug-likeness (QED) is 0.581. The maximum absolute atomic E-state index is 12.0. The predicted molar refractivity (Wildman–Crippen MR) is 85.3 cm³/mol. The molecule has 22 heavy (non-hydrogen) atoms. The summed E-state index contributed by atoms with van der Waals surface area (Å²) in [6, 6.07) is 5.05. The van der Waals surface area contributed by atoms with Crippen molar-refractivity contribution in [3.63, 3.8) is 0 Å². The summed E-state index contributed by atoms with van der Waals surface area (Å²) in [4.78, 5) is 12.0. The second kappa shape index (κ2) is 7.69. The van der Waals surface area contributed by atoms with Crippen molar-refractivity contribution >= 4 is 5.97 Å². The first-order chi connectivity index (χ1) is 10.6. The number of fused-ring (bicyclic) bond motifs is 1. The maximum atomic E-state index is 12.0. The van der Waals surface area contributed by atoms with Gasteiger partial charge in [0.25, 0.3) is 0 Å². The molecule has 0 bridgehead atoms. The SMILES string of the molecule is CC(C)=CCCC(C)=CCOC(=O)c1ccc2c(c1)OCO2. The largest absolute Gasteiger partial charge is 0.458 e. The number of hydrogen-bond acceptors (Lipinski definition) is 4. The van der Waals surface area contributed by atoms with Crippen LogP contribution in [-0.2, 0) is 4.74 Å². The van der Waals surface area contributed by atoms with Gasteiger partial charge < -0.3 is 14.2 Å². The fourth-order valence-corrected chi connectivity index (χ4v) is 2.06. The van der Waals surface area contributed by atoms with Crippen LogP contribution in [0.4, 0.5) is 0 Å². The number of carbonyl (C=O) groups excluding carboxylic acids is 1. The van der Waals surface area contributed by atoms with E-state index in [1.807, 2.05) is 13.0 Å². The van der Waals surface area contributed by atoms with Crippen LogP contribution in [0.5, 0.6) is 11.5 Å². The molecule has 1 aromatic carbocycles. The van der Waals surface area contributed by atoms with Gasteiger partial charge in [-0.3, -0.25) is 0 Å². The minimum atomic E-state index is -0.355. The Morgan fingerprint density at radius 3 is 2.73 bits per heavy atom. The number of benzene rings is 1. The second-order valence-corrected chi connectivity index (χ2v) is 5.54. The van der Waals surface area contributed by atoms with Crippen LogP contribution >= 0.6 is 0 Å². The monoisotopic (exact) mass is 302 g/mol. The van der Waals surface area contributed by atoms with Crippen LogP contribution in [0.2, 0.25) is 0 Å². The van der Waals surface area contributed by atoms with Crippen LogP contribution in [0.3, 0.4) is 0 Å². The third kappa shape index (κ3) is 4.65. The fourth-order valence-electron chi connectivity index (χ4n) is 2.06. The highest BCUT2D eigenvalue weighted by molar-refractivity contribution is 5.90. The zero-order valence-electron chi connectivity index (χ0n) is 13.3. The molecule has 0 atom stereocenters. The molecular formula is C18H22O4. The molecule has 4 nitrogen and oxygen atoms in total. The molecule has 1 aromatic rings. The van der Waals surface area contributed by atoms with E-state index in [1.54, 1.807) is 18.2 Å². The molecule has 4 heteroatoms. The molecule has 0 saturated heterocycles. The van der Waals surface area contributed by atoms with Gasteiger partial charge >= 0.3 is 5.97 Å². The van der Waals surface area contributed by atoms with Crippen molar-refractivity contribution in [2.45, 2.75) is 33.6 Å². The van der Waals surface area contributed by atoms with Gasteiger partial charge in [-0.2, -0.15) is 0 Å². The Morgan fingerprint density at radius 1 is 1.18 bits per heavy atom. The van der Waals surface area contributed by atoms with Gasteiger partial charge in [-0.1, -0.05) is 17.2 Å². The molecule has 1 aliphatic rings. The van der Waals surface area contributed by atoms with Gasteiger partial charge in [-0.15, -0.1) is 0 Å². The van der Waals surface area contributed by atoms with Gasteiger partial charge in [0, 0.05) is 0 Å². The van der Waals surface area contributed by atoms with Gasteiger partial charge in [0.15, 0.2) is 11.5 Å². The molecule has 0 aromatic heterocycles. The van der Waals surface area contributed by atoms with Crippen LogP contribution in [0.1, 0.15) is 44.0 Å². The highest BCUT2D eigenvalue weighted by atomic mass is 16.7. The summed E-state index contributed by atoms with van der Waals surface area (Å²) in [6.07, 6.45) is 6.15. The molecule has 1 heterocycles. The van der Waals surface area contributed by atoms with Crippen LogP contribution in [0.25, 0.3) is 0 Å². The summed E-state index contributed by atoms with van der Waals surface area (Å²) in [5.41, 5.74) is 3.01. The lowest BCUT2D eigenvalue weighted by Gasteiger charge is -2.04. The number of hydrogen-bond donors (Lipinski definition) is 0. The summed E-state index contributed by atoms with van der Waals surface area (Å²) in [6.45, 7) is 6.71. The van der Waals surface area contributed by atoms with Gasteiger partial charge in [0.05, 0.1) is 5.56 Å². The minimum Gasteiger partial charge on any atom is -0.458 e. The number of rotatable bonds is 6. The third-order valence-corrected chi connectivity index (χ3v) is 3.35. The molecule has 0 fully saturated rings. The molecule has 0 spiro atoms. The lowest BCUT2D eigenvalue weighted by molar-refractivity contribution is 0.0548. The number of allylic oxidation sites excluding steroid dienone is 3. The average Bonchev–Trinajstić information content (AvgIpc) is 2.94. The molecule has 0 N–H and O–H groups in total. The Hall–Kier alpha value is -2.23. The van der Waals surface area contributed by atoms with E-state index in [0.717, 1.165) is 12.8 Å². The lowest BCUT2D eigenvalue weighted by Crippen LogP contribution is -2.05. The first-order valence-corrected chi connectivity index (χ1v) is 7.42. The van der Waals surface area contributed by atoms with Crippen molar-refractivity contribution in [1.29, 1.82) is 0 Å². The third-order valence-electron chi connectivity index (χ3n) is 3.35. The Labute approximate surface area is 131 Å². The summed E-state index contributed by atoms with van der Waals surface area (Å²) >= 11 is 0. The minimum absolute atomic E-state index is 0.196. The van der Waals surface area contributed by atoms with Crippen molar-refractivity contribution < 1.29 is 19.0 Å². The van der Waals surface area contributed by atoms with E-state index in [-0.39, 0.29) is 19.4 Å². The maximum Gasteiger partial charge on any atom is 0.338 e. The molecule has 118 valence electrons. The smallest absolute Gasteiger partial charge is 0.338 e. The van der Waals surface area contributed by atoms with E-state index in [2.05, 4.69) is 19.9 Å². The summed E-state index contributed by atoms with van der Waals surface area (Å²) in [5, 5.41) is 0. The molecular weight excluding hydrogens is 280 g/mol. The van der Waals surface area contributed by atoms with E-state index < -0.39 is 0 Å². The number of carbonyl (C=O) groups is 1. The van der Waals surface area contributed by atoms with Crippen molar-refractivity contribution in [2.24, 2.45) is 0 Å². The second-order valence-electron chi connectivity index (χ2n) is 5.54. The first-order valence-electron chi connectivity index (χ1n) is 7.42. The predicted octanol–water partition coefficient (Wildman–Crippen LogP) is 4.26. The first kappa shape index (κ1) is 16.1. The fraction of sp³-hybridized carbons (Fsp3) is 0.389. The molecule has 0 amide bonds. The van der Waals surface area contributed by atoms with Gasteiger partial charge in [-0.05, 0) is 57.9 Å². The molecule has 1 aliphatic heterocycles. The zero-order valence-corrected chi connectivity index (χ0v) is 13.3. The van der Waals surface area contributed by atoms with Crippen LogP contribution in [-0.4, -0.2) is 19.4 Å². The zero-order chi connectivity index (χ0) is 15.9. The molecule has 0 aliphatic carbocycles. The van der Waals surface area contributed by atoms with Crippen LogP contribution < -0.4 is 9.47 Å². The van der Waals surface area contributed by atoms with Crippen LogP contribution in [0.15, 0.2) is 41.5 Å². The normalized spacial score (nSPS) is 13.0. The van der Waals surface area contributed by atoms with E-state index >= 15 is 0 Å². The molecule has 2 rings (SSSR count). The highest BCUT2D eigenvalue weighted by Gasteiger charge is 2.16. The molecule has 0 saturated carbocycles.